The van der Waals surface area contributed by atoms with Gasteiger partial charge >= 0.3 is 12.0 Å². The fourth-order valence-electron chi connectivity index (χ4n) is 1.92. The monoisotopic (exact) mass is 310 g/mol. The molecule has 0 aromatic heterocycles. The zero-order valence-electron chi connectivity index (χ0n) is 12.5. The van der Waals surface area contributed by atoms with Gasteiger partial charge in [-0.2, -0.15) is 11.8 Å². The van der Waals surface area contributed by atoms with Gasteiger partial charge in [-0.15, -0.1) is 0 Å². The van der Waals surface area contributed by atoms with Crippen molar-refractivity contribution in [3.63, 3.8) is 0 Å². The van der Waals surface area contributed by atoms with Crippen LogP contribution >= 0.6 is 11.8 Å². The Hall–Kier alpha value is -1.69. The third-order valence-electron chi connectivity index (χ3n) is 3.10. The number of thioether (sulfide) groups is 1. The van der Waals surface area contributed by atoms with Gasteiger partial charge in [-0.05, 0) is 37.0 Å². The first-order chi connectivity index (χ1) is 10.1. The van der Waals surface area contributed by atoms with Crippen LogP contribution in [0.2, 0.25) is 0 Å². The third-order valence-corrected chi connectivity index (χ3v) is 3.80. The van der Waals surface area contributed by atoms with Crippen LogP contribution in [0.1, 0.15) is 29.6 Å². The third kappa shape index (κ3) is 5.67. The van der Waals surface area contributed by atoms with Crippen LogP contribution in [-0.4, -0.2) is 42.7 Å². The summed E-state index contributed by atoms with van der Waals surface area (Å²) in [7, 11) is 1.57. The summed E-state index contributed by atoms with van der Waals surface area (Å²) in [6.45, 7) is 0.604. The van der Waals surface area contributed by atoms with E-state index in [9.17, 15) is 9.59 Å². The number of hydrogen-bond acceptors (Lipinski definition) is 3. The first-order valence-corrected chi connectivity index (χ1v) is 8.30. The van der Waals surface area contributed by atoms with Crippen molar-refractivity contribution in [2.45, 2.75) is 19.3 Å². The van der Waals surface area contributed by atoms with Crippen LogP contribution in [0.25, 0.3) is 0 Å². The molecule has 0 bridgehead atoms. The highest BCUT2D eigenvalue weighted by atomic mass is 32.2. The molecule has 1 aromatic carbocycles. The highest BCUT2D eigenvalue weighted by molar-refractivity contribution is 7.98. The Bertz CT molecular complexity index is 480. The molecule has 2 amide bonds. The van der Waals surface area contributed by atoms with Gasteiger partial charge in [0.1, 0.15) is 0 Å². The Labute approximate surface area is 129 Å². The van der Waals surface area contributed by atoms with Crippen molar-refractivity contribution in [3.8, 4) is 0 Å². The molecule has 0 spiro atoms. The second-order valence-electron chi connectivity index (χ2n) is 4.67. The molecule has 1 rings (SSSR count). The number of aromatic carboxylic acids is 1. The molecule has 0 heterocycles. The van der Waals surface area contributed by atoms with E-state index in [0.29, 0.717) is 12.2 Å². The van der Waals surface area contributed by atoms with Crippen LogP contribution in [0.5, 0.6) is 0 Å². The number of rotatable bonds is 8. The maximum Gasteiger partial charge on any atom is 0.337 e. The van der Waals surface area contributed by atoms with E-state index in [1.54, 1.807) is 25.2 Å². The summed E-state index contributed by atoms with van der Waals surface area (Å²) in [5.74, 6) is 0.0992. The van der Waals surface area contributed by atoms with Gasteiger partial charge in [0, 0.05) is 13.6 Å². The quantitative estimate of drug-likeness (QED) is 0.724. The number of carboxylic acid groups (broad SMARTS) is 1. The number of para-hydroxylation sites is 1. The molecule has 0 aliphatic carbocycles. The number of carbonyl (C=O) groups excluding carboxylic acids is 1. The van der Waals surface area contributed by atoms with Gasteiger partial charge in [-0.3, -0.25) is 4.90 Å². The molecule has 0 fully saturated rings. The van der Waals surface area contributed by atoms with Crippen LogP contribution < -0.4 is 10.2 Å². The number of nitrogens with zero attached hydrogens (tertiary/aromatic N) is 1. The van der Waals surface area contributed by atoms with Crippen molar-refractivity contribution >= 4 is 29.4 Å². The molecule has 0 saturated heterocycles. The van der Waals surface area contributed by atoms with E-state index in [4.69, 9.17) is 5.11 Å². The number of anilines is 1. The smallest absolute Gasteiger partial charge is 0.337 e. The zero-order chi connectivity index (χ0) is 15.7. The number of unbranched alkanes of at least 4 members (excludes halogenated alkanes) is 2. The van der Waals surface area contributed by atoms with Crippen molar-refractivity contribution in [1.82, 2.24) is 5.32 Å². The Morgan fingerprint density at radius 2 is 1.95 bits per heavy atom. The minimum Gasteiger partial charge on any atom is -0.478 e. The van der Waals surface area contributed by atoms with Crippen molar-refractivity contribution < 1.29 is 14.7 Å². The van der Waals surface area contributed by atoms with Crippen LogP contribution in [-0.2, 0) is 0 Å². The van der Waals surface area contributed by atoms with Gasteiger partial charge in [0.05, 0.1) is 11.3 Å². The standard InChI is InChI=1S/C15H22N2O3S/c1-17(13-9-5-4-8-12(13)14(18)19)15(20)16-10-6-3-7-11-21-2/h4-5,8-9H,3,6-7,10-11H2,1-2H3,(H,16,20)(H,18,19). The van der Waals surface area contributed by atoms with E-state index in [0.717, 1.165) is 25.0 Å². The number of urea groups is 1. The maximum absolute atomic E-state index is 12.0. The van der Waals surface area contributed by atoms with Gasteiger partial charge in [0.15, 0.2) is 0 Å². The number of carbonyl (C=O) groups is 2. The molecule has 6 heteroatoms. The van der Waals surface area contributed by atoms with Crippen molar-refractivity contribution in [3.05, 3.63) is 29.8 Å². The van der Waals surface area contributed by atoms with Crippen LogP contribution in [0, 0.1) is 0 Å². The van der Waals surface area contributed by atoms with E-state index >= 15 is 0 Å². The van der Waals surface area contributed by atoms with Crippen LogP contribution in [0.15, 0.2) is 24.3 Å². The van der Waals surface area contributed by atoms with E-state index in [1.165, 1.54) is 11.0 Å². The first kappa shape index (κ1) is 17.4. The SMILES string of the molecule is CSCCCCCNC(=O)N(C)c1ccccc1C(=O)O. The summed E-state index contributed by atoms with van der Waals surface area (Å²) in [6, 6.07) is 6.19. The van der Waals surface area contributed by atoms with Crippen LogP contribution in [0.3, 0.4) is 0 Å². The highest BCUT2D eigenvalue weighted by Crippen LogP contribution is 2.19. The molecule has 0 unspecified atom stereocenters. The average molecular weight is 310 g/mol. The number of nitrogens with one attached hydrogen (secondary N) is 1. The van der Waals surface area contributed by atoms with Crippen molar-refractivity contribution in [2.75, 3.05) is 30.5 Å². The lowest BCUT2D eigenvalue weighted by Gasteiger charge is -2.19. The van der Waals surface area contributed by atoms with Crippen molar-refractivity contribution in [2.24, 2.45) is 0 Å². The molecule has 0 saturated carbocycles. The second-order valence-corrected chi connectivity index (χ2v) is 5.65. The minimum atomic E-state index is -1.04. The molecule has 21 heavy (non-hydrogen) atoms. The Morgan fingerprint density at radius 1 is 1.24 bits per heavy atom. The Morgan fingerprint density at radius 3 is 2.62 bits per heavy atom. The van der Waals surface area contributed by atoms with E-state index in [1.807, 2.05) is 11.8 Å². The summed E-state index contributed by atoms with van der Waals surface area (Å²) >= 11 is 1.82. The van der Waals surface area contributed by atoms with Crippen LogP contribution in [0.4, 0.5) is 10.5 Å². The summed E-state index contributed by atoms with van der Waals surface area (Å²) in [5, 5.41) is 11.9. The van der Waals surface area contributed by atoms with Gasteiger partial charge in [-0.1, -0.05) is 18.6 Å². The lowest BCUT2D eigenvalue weighted by molar-refractivity contribution is 0.0697. The summed E-state index contributed by atoms with van der Waals surface area (Å²) < 4.78 is 0. The second kappa shape index (κ2) is 9.28. The van der Waals surface area contributed by atoms with Gasteiger partial charge in [0.2, 0.25) is 0 Å². The molecule has 0 aliphatic rings. The summed E-state index contributed by atoms with van der Waals surface area (Å²) in [4.78, 5) is 24.5. The van der Waals surface area contributed by atoms with E-state index in [-0.39, 0.29) is 11.6 Å². The lowest BCUT2D eigenvalue weighted by Crippen LogP contribution is -2.38. The Kier molecular flexibility index (Phi) is 7.68. The largest absolute Gasteiger partial charge is 0.478 e. The fraction of sp³-hybridized carbons (Fsp3) is 0.467. The molecular weight excluding hydrogens is 288 g/mol. The zero-order valence-corrected chi connectivity index (χ0v) is 13.3. The minimum absolute atomic E-state index is 0.120. The van der Waals surface area contributed by atoms with E-state index in [2.05, 4.69) is 11.6 Å². The number of hydrogen-bond donors (Lipinski definition) is 2. The molecule has 2 N–H and O–H groups in total. The van der Waals surface area contributed by atoms with Crippen molar-refractivity contribution in [1.29, 1.82) is 0 Å². The topological polar surface area (TPSA) is 69.6 Å². The van der Waals surface area contributed by atoms with Gasteiger partial charge < -0.3 is 10.4 Å². The first-order valence-electron chi connectivity index (χ1n) is 6.90. The average Bonchev–Trinajstić information content (AvgIpc) is 2.49. The molecule has 0 radical (unpaired) electrons. The van der Waals surface area contributed by atoms with E-state index < -0.39 is 5.97 Å². The molecular formula is C15H22N2O3S. The number of carboxylic acids is 1. The van der Waals surface area contributed by atoms with Gasteiger partial charge in [-0.25, -0.2) is 9.59 Å². The summed E-state index contributed by atoms with van der Waals surface area (Å²) in [5.41, 5.74) is 0.514. The lowest BCUT2D eigenvalue weighted by atomic mass is 10.1. The summed E-state index contributed by atoms with van der Waals surface area (Å²) in [6.07, 6.45) is 5.24. The molecule has 116 valence electrons. The number of benzene rings is 1. The molecule has 1 aromatic rings. The molecule has 5 nitrogen and oxygen atoms in total. The molecule has 0 atom stereocenters. The predicted molar refractivity (Wildman–Crippen MR) is 87.4 cm³/mol. The predicted octanol–water partition coefficient (Wildman–Crippen LogP) is 3.06. The maximum atomic E-state index is 12.0. The van der Waals surface area contributed by atoms with Gasteiger partial charge in [0.25, 0.3) is 0 Å². The highest BCUT2D eigenvalue weighted by Gasteiger charge is 2.17. The Balaban J connectivity index is 2.49. The fourth-order valence-corrected chi connectivity index (χ4v) is 2.41. The number of amides is 2. The normalized spacial score (nSPS) is 10.2. The molecule has 0 aliphatic heterocycles.